The fourth-order valence-electron chi connectivity index (χ4n) is 2.25. The normalized spacial score (nSPS) is 11.3. The number of amides is 1. The van der Waals surface area contributed by atoms with Crippen molar-refractivity contribution in [2.45, 2.75) is 6.54 Å². The predicted octanol–water partition coefficient (Wildman–Crippen LogP) is 2.57. The Morgan fingerprint density at radius 3 is 2.50 bits per heavy atom. The Morgan fingerprint density at radius 1 is 1.19 bits per heavy atom. The van der Waals surface area contributed by atoms with Crippen LogP contribution in [0.2, 0.25) is 10.2 Å². The molecule has 2 rings (SSSR count). The molecule has 0 saturated carbocycles. The van der Waals surface area contributed by atoms with Crippen LogP contribution in [0, 0.1) is 5.82 Å². The SMILES string of the molecule is CN=C(NCCNC(=O)c1ccccc1F)NCc1cc(Cl)c(Cl)n1C. The van der Waals surface area contributed by atoms with E-state index in [0.717, 1.165) is 5.69 Å². The van der Waals surface area contributed by atoms with Gasteiger partial charge in [-0.1, -0.05) is 35.3 Å². The maximum Gasteiger partial charge on any atom is 0.254 e. The van der Waals surface area contributed by atoms with Crippen molar-refractivity contribution in [1.29, 1.82) is 0 Å². The zero-order chi connectivity index (χ0) is 19.1. The van der Waals surface area contributed by atoms with Crippen molar-refractivity contribution in [3.63, 3.8) is 0 Å². The van der Waals surface area contributed by atoms with Gasteiger partial charge in [0.2, 0.25) is 0 Å². The molecule has 0 unspecified atom stereocenters. The van der Waals surface area contributed by atoms with Crippen LogP contribution in [-0.4, -0.2) is 36.6 Å². The summed E-state index contributed by atoms with van der Waals surface area (Å²) in [6.07, 6.45) is 0. The zero-order valence-electron chi connectivity index (χ0n) is 14.4. The first-order valence-corrected chi connectivity index (χ1v) is 8.66. The van der Waals surface area contributed by atoms with Crippen molar-refractivity contribution in [2.24, 2.45) is 12.0 Å². The first-order chi connectivity index (χ1) is 12.4. The summed E-state index contributed by atoms with van der Waals surface area (Å²) in [5.74, 6) is -0.449. The molecule has 6 nitrogen and oxygen atoms in total. The molecule has 1 aromatic heterocycles. The molecule has 2 aromatic rings. The third kappa shape index (κ3) is 5.12. The number of carbonyl (C=O) groups is 1. The Balaban J connectivity index is 1.76. The highest BCUT2D eigenvalue weighted by Gasteiger charge is 2.11. The molecule has 0 radical (unpaired) electrons. The van der Waals surface area contributed by atoms with Crippen molar-refractivity contribution in [2.75, 3.05) is 20.1 Å². The van der Waals surface area contributed by atoms with Gasteiger partial charge in [0.05, 0.1) is 17.1 Å². The van der Waals surface area contributed by atoms with E-state index in [1.54, 1.807) is 23.7 Å². The van der Waals surface area contributed by atoms with Gasteiger partial charge in [-0.2, -0.15) is 0 Å². The third-order valence-corrected chi connectivity index (χ3v) is 4.54. The minimum atomic E-state index is -0.546. The van der Waals surface area contributed by atoms with E-state index in [1.807, 2.05) is 7.05 Å². The number of halogens is 3. The summed E-state index contributed by atoms with van der Waals surface area (Å²) in [5, 5.41) is 9.80. The lowest BCUT2D eigenvalue weighted by Gasteiger charge is -2.13. The van der Waals surface area contributed by atoms with Crippen LogP contribution in [0.3, 0.4) is 0 Å². The Kier molecular flexibility index (Phi) is 7.29. The molecule has 0 aliphatic heterocycles. The number of hydrogen-bond acceptors (Lipinski definition) is 2. The molecule has 3 N–H and O–H groups in total. The van der Waals surface area contributed by atoms with Gasteiger partial charge >= 0.3 is 0 Å². The Bertz CT molecular complexity index is 806. The number of aromatic nitrogens is 1. The number of carbonyl (C=O) groups excluding carboxylic acids is 1. The summed E-state index contributed by atoms with van der Waals surface area (Å²) >= 11 is 12.0. The molecule has 1 heterocycles. The maximum absolute atomic E-state index is 13.5. The second-order valence-corrected chi connectivity index (χ2v) is 6.19. The fourth-order valence-corrected chi connectivity index (χ4v) is 2.67. The van der Waals surface area contributed by atoms with E-state index in [2.05, 4.69) is 20.9 Å². The standard InChI is InChI=1S/C17H20Cl2FN5O/c1-21-17(24-10-11-9-13(18)15(19)25(11)2)23-8-7-22-16(26)12-5-3-4-6-14(12)20/h3-6,9H,7-8,10H2,1-2H3,(H,22,26)(H2,21,23,24). The van der Waals surface area contributed by atoms with E-state index in [1.165, 1.54) is 18.2 Å². The van der Waals surface area contributed by atoms with E-state index in [4.69, 9.17) is 23.2 Å². The number of rotatable bonds is 6. The van der Waals surface area contributed by atoms with Gasteiger partial charge in [-0.05, 0) is 18.2 Å². The summed E-state index contributed by atoms with van der Waals surface area (Å²) in [7, 11) is 3.46. The molecular formula is C17H20Cl2FN5O. The minimum absolute atomic E-state index is 0.0208. The number of nitrogens with one attached hydrogen (secondary N) is 3. The summed E-state index contributed by atoms with van der Waals surface area (Å²) in [6, 6.07) is 7.62. The summed E-state index contributed by atoms with van der Waals surface area (Å²) in [6.45, 7) is 1.22. The van der Waals surface area contributed by atoms with Crippen LogP contribution < -0.4 is 16.0 Å². The van der Waals surface area contributed by atoms with Gasteiger partial charge in [-0.25, -0.2) is 4.39 Å². The molecule has 26 heavy (non-hydrogen) atoms. The summed E-state index contributed by atoms with van der Waals surface area (Å²) < 4.78 is 15.3. The molecule has 0 atom stereocenters. The van der Waals surface area contributed by atoms with Crippen molar-refractivity contribution in [3.05, 3.63) is 57.6 Å². The van der Waals surface area contributed by atoms with Crippen LogP contribution in [0.4, 0.5) is 4.39 Å². The predicted molar refractivity (Wildman–Crippen MR) is 102 cm³/mol. The molecule has 0 spiro atoms. The molecule has 0 aliphatic rings. The van der Waals surface area contributed by atoms with Gasteiger partial charge in [0, 0.05) is 32.9 Å². The van der Waals surface area contributed by atoms with Crippen LogP contribution >= 0.6 is 23.2 Å². The zero-order valence-corrected chi connectivity index (χ0v) is 16.0. The lowest BCUT2D eigenvalue weighted by atomic mass is 10.2. The molecule has 9 heteroatoms. The Hall–Kier alpha value is -2.25. The molecule has 1 amide bonds. The van der Waals surface area contributed by atoms with Gasteiger partial charge in [-0.15, -0.1) is 0 Å². The lowest BCUT2D eigenvalue weighted by Crippen LogP contribution is -2.41. The number of aliphatic imine (C=N–C) groups is 1. The van der Waals surface area contributed by atoms with E-state index in [0.29, 0.717) is 35.8 Å². The second kappa shape index (κ2) is 9.45. The highest BCUT2D eigenvalue weighted by Crippen LogP contribution is 2.24. The maximum atomic E-state index is 13.5. The van der Waals surface area contributed by atoms with Crippen LogP contribution in [0.15, 0.2) is 35.3 Å². The van der Waals surface area contributed by atoms with Crippen LogP contribution in [0.5, 0.6) is 0 Å². The molecule has 1 aromatic carbocycles. The van der Waals surface area contributed by atoms with E-state index >= 15 is 0 Å². The van der Waals surface area contributed by atoms with Crippen molar-refractivity contribution in [1.82, 2.24) is 20.5 Å². The van der Waals surface area contributed by atoms with E-state index in [-0.39, 0.29) is 5.56 Å². The van der Waals surface area contributed by atoms with Gasteiger partial charge in [0.15, 0.2) is 5.96 Å². The molecule has 0 bridgehead atoms. The van der Waals surface area contributed by atoms with Gasteiger partial charge in [0.1, 0.15) is 11.0 Å². The fraction of sp³-hybridized carbons (Fsp3) is 0.294. The van der Waals surface area contributed by atoms with Crippen LogP contribution in [0.1, 0.15) is 16.1 Å². The van der Waals surface area contributed by atoms with Crippen molar-refractivity contribution < 1.29 is 9.18 Å². The average molecular weight is 400 g/mol. The third-order valence-electron chi connectivity index (χ3n) is 3.70. The van der Waals surface area contributed by atoms with Gasteiger partial charge < -0.3 is 20.5 Å². The molecule has 0 aliphatic carbocycles. The highest BCUT2D eigenvalue weighted by molar-refractivity contribution is 6.41. The average Bonchev–Trinajstić information content (AvgIpc) is 2.88. The molecule has 0 fully saturated rings. The quantitative estimate of drug-likeness (QED) is 0.397. The number of benzene rings is 1. The summed E-state index contributed by atoms with van der Waals surface area (Å²) in [5.41, 5.74) is 0.920. The number of nitrogens with zero attached hydrogens (tertiary/aromatic N) is 2. The van der Waals surface area contributed by atoms with Crippen LogP contribution in [0.25, 0.3) is 0 Å². The van der Waals surface area contributed by atoms with Crippen molar-refractivity contribution in [3.8, 4) is 0 Å². The van der Waals surface area contributed by atoms with E-state index in [9.17, 15) is 9.18 Å². The van der Waals surface area contributed by atoms with Crippen molar-refractivity contribution >= 4 is 35.1 Å². The monoisotopic (exact) mass is 399 g/mol. The Labute approximate surface area is 161 Å². The minimum Gasteiger partial charge on any atom is -0.355 e. The largest absolute Gasteiger partial charge is 0.355 e. The molecular weight excluding hydrogens is 380 g/mol. The first-order valence-electron chi connectivity index (χ1n) is 7.91. The smallest absolute Gasteiger partial charge is 0.254 e. The topological polar surface area (TPSA) is 70.4 Å². The van der Waals surface area contributed by atoms with Gasteiger partial charge in [-0.3, -0.25) is 9.79 Å². The van der Waals surface area contributed by atoms with Crippen LogP contribution in [-0.2, 0) is 13.6 Å². The molecule has 140 valence electrons. The Morgan fingerprint density at radius 2 is 1.88 bits per heavy atom. The highest BCUT2D eigenvalue weighted by atomic mass is 35.5. The molecule has 0 saturated heterocycles. The van der Waals surface area contributed by atoms with Gasteiger partial charge in [0.25, 0.3) is 5.91 Å². The lowest BCUT2D eigenvalue weighted by molar-refractivity contribution is 0.0950. The second-order valence-electron chi connectivity index (χ2n) is 5.42. The number of guanidine groups is 1. The first kappa shape index (κ1) is 20.1. The summed E-state index contributed by atoms with van der Waals surface area (Å²) in [4.78, 5) is 16.0. The van der Waals surface area contributed by atoms with E-state index < -0.39 is 11.7 Å². The number of hydrogen-bond donors (Lipinski definition) is 3.